The maximum absolute atomic E-state index is 6.60. The molecule has 0 amide bonds. The molecule has 0 aliphatic carbocycles. The van der Waals surface area contributed by atoms with Gasteiger partial charge in [-0.2, -0.15) is 0 Å². The highest BCUT2D eigenvalue weighted by atomic mass is 79.9. The third-order valence-corrected chi connectivity index (χ3v) is 7.52. The van der Waals surface area contributed by atoms with Gasteiger partial charge in [0.15, 0.2) is 5.11 Å². The van der Waals surface area contributed by atoms with E-state index in [-0.39, 0.29) is 12.1 Å². The van der Waals surface area contributed by atoms with Crippen molar-refractivity contribution in [2.45, 2.75) is 25.9 Å². The van der Waals surface area contributed by atoms with E-state index in [4.69, 9.17) is 35.4 Å². The first-order valence-electron chi connectivity index (χ1n) is 10.8. The zero-order chi connectivity index (χ0) is 24.0. The second-order valence-corrected chi connectivity index (χ2v) is 10.4. The summed E-state index contributed by atoms with van der Waals surface area (Å²) < 4.78 is 3.19. The average molecular weight is 572 g/mol. The first kappa shape index (κ1) is 23.4. The number of halogens is 3. The summed E-state index contributed by atoms with van der Waals surface area (Å²) in [7, 11) is 0. The van der Waals surface area contributed by atoms with Crippen LogP contribution in [0.4, 0.5) is 5.69 Å². The number of pyridine rings is 1. The Morgan fingerprint density at radius 3 is 2.44 bits per heavy atom. The van der Waals surface area contributed by atoms with Crippen LogP contribution in [0, 0.1) is 13.8 Å². The number of aryl methyl sites for hydroxylation is 1. The number of nitrogens with zero attached hydrogens (tertiary/aromatic N) is 3. The molecule has 5 rings (SSSR count). The van der Waals surface area contributed by atoms with Gasteiger partial charge < -0.3 is 14.8 Å². The summed E-state index contributed by atoms with van der Waals surface area (Å²) in [6.07, 6.45) is 1.82. The second-order valence-electron chi connectivity index (χ2n) is 8.23. The van der Waals surface area contributed by atoms with Crippen LogP contribution in [0.3, 0.4) is 0 Å². The quantitative estimate of drug-likeness (QED) is 0.254. The second kappa shape index (κ2) is 9.34. The van der Waals surface area contributed by atoms with Crippen LogP contribution in [0.2, 0.25) is 10.0 Å². The highest BCUT2D eigenvalue weighted by Gasteiger charge is 2.42. The van der Waals surface area contributed by atoms with Crippen LogP contribution in [0.1, 0.15) is 34.7 Å². The predicted molar refractivity (Wildman–Crippen MR) is 147 cm³/mol. The first-order valence-corrected chi connectivity index (χ1v) is 12.7. The first-order chi connectivity index (χ1) is 16.3. The molecule has 2 unspecified atom stereocenters. The Labute approximate surface area is 222 Å². The van der Waals surface area contributed by atoms with Crippen molar-refractivity contribution in [3.63, 3.8) is 0 Å². The summed E-state index contributed by atoms with van der Waals surface area (Å²) in [5.41, 5.74) is 6.15. The summed E-state index contributed by atoms with van der Waals surface area (Å²) >= 11 is 22.2. The molecule has 0 bridgehead atoms. The van der Waals surface area contributed by atoms with E-state index in [9.17, 15) is 0 Å². The van der Waals surface area contributed by atoms with Gasteiger partial charge in [-0.25, -0.2) is 0 Å². The van der Waals surface area contributed by atoms with Crippen LogP contribution in [0.5, 0.6) is 0 Å². The Balaban J connectivity index is 1.69. The average Bonchev–Trinajstić information content (AvgIpc) is 3.31. The van der Waals surface area contributed by atoms with Crippen molar-refractivity contribution in [2.75, 3.05) is 4.90 Å². The number of hydrogen-bond acceptors (Lipinski definition) is 2. The van der Waals surface area contributed by atoms with Crippen molar-refractivity contribution in [1.29, 1.82) is 0 Å². The van der Waals surface area contributed by atoms with Crippen molar-refractivity contribution < 1.29 is 0 Å². The number of aromatic nitrogens is 2. The zero-order valence-electron chi connectivity index (χ0n) is 18.5. The standard InChI is InChI=1S/C26H21BrCl2N4S/c1-15-13-20(16(2)32(15)23-11-8-18(28)14-21(23)29)25-24(22-5-3-4-12-30-22)31-26(34)33(25)19-9-6-17(27)7-10-19/h3-14,24-25H,1-2H3,(H,31,34). The van der Waals surface area contributed by atoms with Crippen LogP contribution in [-0.2, 0) is 0 Å². The van der Waals surface area contributed by atoms with Crippen LogP contribution >= 0.6 is 51.3 Å². The number of benzene rings is 2. The van der Waals surface area contributed by atoms with E-state index in [0.29, 0.717) is 15.2 Å². The highest BCUT2D eigenvalue weighted by Crippen LogP contribution is 2.44. The van der Waals surface area contributed by atoms with Gasteiger partial charge in [-0.15, -0.1) is 0 Å². The van der Waals surface area contributed by atoms with Crippen LogP contribution < -0.4 is 10.2 Å². The lowest BCUT2D eigenvalue weighted by molar-refractivity contribution is 0.565. The van der Waals surface area contributed by atoms with Crippen LogP contribution in [-0.4, -0.2) is 14.7 Å². The van der Waals surface area contributed by atoms with Crippen molar-refractivity contribution >= 4 is 62.1 Å². The van der Waals surface area contributed by atoms with Crippen molar-refractivity contribution in [3.05, 3.63) is 110 Å². The molecule has 4 aromatic rings. The Kier molecular flexibility index (Phi) is 6.42. The summed E-state index contributed by atoms with van der Waals surface area (Å²) in [5.74, 6) is 0. The van der Waals surface area contributed by atoms with Gasteiger partial charge in [-0.1, -0.05) is 45.2 Å². The predicted octanol–water partition coefficient (Wildman–Crippen LogP) is 7.74. The fourth-order valence-electron chi connectivity index (χ4n) is 4.67. The fraction of sp³-hybridized carbons (Fsp3) is 0.154. The molecule has 3 heterocycles. The third-order valence-electron chi connectivity index (χ3n) is 6.14. The third kappa shape index (κ3) is 4.13. The van der Waals surface area contributed by atoms with Gasteiger partial charge in [-0.05, 0) is 92.3 Å². The molecule has 1 N–H and O–H groups in total. The number of hydrogen-bond donors (Lipinski definition) is 1. The van der Waals surface area contributed by atoms with Gasteiger partial charge in [0.25, 0.3) is 0 Å². The number of rotatable bonds is 4. The Morgan fingerprint density at radius 2 is 1.76 bits per heavy atom. The normalized spacial score (nSPS) is 17.8. The minimum atomic E-state index is -0.119. The molecular formula is C26H21BrCl2N4S. The maximum Gasteiger partial charge on any atom is 0.174 e. The number of thiocarbonyl (C=S) groups is 1. The lowest BCUT2D eigenvalue weighted by Crippen LogP contribution is -2.29. The fourth-order valence-corrected chi connectivity index (χ4v) is 5.77. The largest absolute Gasteiger partial charge is 0.351 e. The molecule has 0 spiro atoms. The summed E-state index contributed by atoms with van der Waals surface area (Å²) in [5, 5.41) is 5.40. The molecule has 0 radical (unpaired) electrons. The van der Waals surface area contributed by atoms with Gasteiger partial charge in [0.1, 0.15) is 0 Å². The van der Waals surface area contributed by atoms with Gasteiger partial charge in [0, 0.05) is 32.8 Å². The van der Waals surface area contributed by atoms with E-state index < -0.39 is 0 Å². The van der Waals surface area contributed by atoms with E-state index in [1.807, 2.05) is 48.7 Å². The molecule has 1 aliphatic rings. The van der Waals surface area contributed by atoms with Crippen molar-refractivity contribution in [2.24, 2.45) is 0 Å². The number of anilines is 1. The van der Waals surface area contributed by atoms with Crippen molar-refractivity contribution in [1.82, 2.24) is 14.9 Å². The number of nitrogens with one attached hydrogen (secondary N) is 1. The molecule has 1 fully saturated rings. The van der Waals surface area contributed by atoms with Gasteiger partial charge in [0.2, 0.25) is 0 Å². The van der Waals surface area contributed by atoms with Crippen molar-refractivity contribution in [3.8, 4) is 5.69 Å². The summed E-state index contributed by atoms with van der Waals surface area (Å²) in [6.45, 7) is 4.20. The zero-order valence-corrected chi connectivity index (χ0v) is 22.4. The lowest BCUT2D eigenvalue weighted by Gasteiger charge is -2.28. The Morgan fingerprint density at radius 1 is 1.00 bits per heavy atom. The Hall–Kier alpha value is -2.38. The molecule has 172 valence electrons. The molecule has 1 aliphatic heterocycles. The van der Waals surface area contributed by atoms with Crippen LogP contribution in [0.25, 0.3) is 5.69 Å². The molecular weight excluding hydrogens is 551 g/mol. The monoisotopic (exact) mass is 570 g/mol. The molecule has 4 nitrogen and oxygen atoms in total. The van der Waals surface area contributed by atoms with Crippen LogP contribution in [0.15, 0.2) is 77.4 Å². The minimum Gasteiger partial charge on any atom is -0.351 e. The lowest BCUT2D eigenvalue weighted by atomic mass is 9.96. The van der Waals surface area contributed by atoms with E-state index >= 15 is 0 Å². The Bertz CT molecular complexity index is 1370. The molecule has 2 aromatic heterocycles. The van der Waals surface area contributed by atoms with Gasteiger partial charge in [-0.3, -0.25) is 4.98 Å². The minimum absolute atomic E-state index is 0.102. The van der Waals surface area contributed by atoms with E-state index in [0.717, 1.165) is 38.5 Å². The van der Waals surface area contributed by atoms with E-state index in [1.54, 1.807) is 6.07 Å². The summed E-state index contributed by atoms with van der Waals surface area (Å²) in [4.78, 5) is 6.83. The molecule has 0 saturated carbocycles. The molecule has 2 aromatic carbocycles. The topological polar surface area (TPSA) is 33.1 Å². The SMILES string of the molecule is Cc1cc(C2C(c3ccccn3)NC(=S)N2c2ccc(Br)cc2)c(C)n1-c1ccc(Cl)cc1Cl. The maximum atomic E-state index is 6.60. The van der Waals surface area contributed by atoms with Gasteiger partial charge >= 0.3 is 0 Å². The molecule has 34 heavy (non-hydrogen) atoms. The molecule has 8 heteroatoms. The molecule has 1 saturated heterocycles. The van der Waals surface area contributed by atoms with E-state index in [1.165, 1.54) is 0 Å². The van der Waals surface area contributed by atoms with Gasteiger partial charge in [0.05, 0.1) is 28.5 Å². The highest BCUT2D eigenvalue weighted by molar-refractivity contribution is 9.10. The summed E-state index contributed by atoms with van der Waals surface area (Å²) in [6, 6.07) is 21.7. The smallest absolute Gasteiger partial charge is 0.174 e. The molecule has 2 atom stereocenters. The van der Waals surface area contributed by atoms with E-state index in [2.05, 4.69) is 67.7 Å².